The highest BCUT2D eigenvalue weighted by Gasteiger charge is 2.17. The first-order chi connectivity index (χ1) is 14.3. The first-order valence-electron chi connectivity index (χ1n) is 9.06. The van der Waals surface area contributed by atoms with Crippen molar-refractivity contribution in [3.8, 4) is 11.5 Å². The van der Waals surface area contributed by atoms with E-state index in [1.165, 1.54) is 38.5 Å². The molecule has 3 aromatic carbocycles. The molecule has 3 aromatic rings. The summed E-state index contributed by atoms with van der Waals surface area (Å²) in [5.41, 5.74) is 2.19. The second-order valence-corrected chi connectivity index (χ2v) is 8.15. The molecule has 0 fully saturated rings. The van der Waals surface area contributed by atoms with Gasteiger partial charge in [-0.15, -0.1) is 0 Å². The number of benzene rings is 3. The van der Waals surface area contributed by atoms with Crippen LogP contribution in [0.15, 0.2) is 71.6 Å². The van der Waals surface area contributed by atoms with E-state index in [0.29, 0.717) is 22.7 Å². The number of rotatable bonds is 7. The molecule has 0 aliphatic rings. The Kier molecular flexibility index (Phi) is 6.27. The van der Waals surface area contributed by atoms with Gasteiger partial charge in [-0.2, -0.15) is 0 Å². The van der Waals surface area contributed by atoms with E-state index in [-0.39, 0.29) is 16.5 Å². The van der Waals surface area contributed by atoms with Crippen molar-refractivity contribution in [2.45, 2.75) is 11.8 Å². The third-order valence-electron chi connectivity index (χ3n) is 4.47. The highest BCUT2D eigenvalue weighted by atomic mass is 32.2. The number of carbonyl (C=O) groups is 1. The average molecular weight is 426 g/mol. The van der Waals surface area contributed by atoms with Crippen LogP contribution in [0, 0.1) is 6.92 Å². The molecule has 2 N–H and O–H groups in total. The van der Waals surface area contributed by atoms with Crippen LogP contribution in [-0.2, 0) is 10.0 Å². The minimum atomic E-state index is -3.85. The fraction of sp³-hybridized carbons (Fsp3) is 0.136. The number of hydrogen-bond donors (Lipinski definition) is 2. The summed E-state index contributed by atoms with van der Waals surface area (Å²) in [7, 11) is -0.898. The van der Waals surface area contributed by atoms with Gasteiger partial charge in [-0.25, -0.2) is 8.42 Å². The summed E-state index contributed by atoms with van der Waals surface area (Å²) in [5, 5.41) is 2.77. The van der Waals surface area contributed by atoms with Gasteiger partial charge in [0.05, 0.1) is 24.8 Å². The largest absolute Gasteiger partial charge is 0.497 e. The predicted molar refractivity (Wildman–Crippen MR) is 116 cm³/mol. The van der Waals surface area contributed by atoms with Gasteiger partial charge in [-0.05, 0) is 55.0 Å². The van der Waals surface area contributed by atoms with E-state index in [4.69, 9.17) is 9.47 Å². The highest BCUT2D eigenvalue weighted by Crippen LogP contribution is 2.31. The molecule has 0 bridgehead atoms. The Morgan fingerprint density at radius 1 is 0.900 bits per heavy atom. The molecule has 7 nitrogen and oxygen atoms in total. The van der Waals surface area contributed by atoms with E-state index < -0.39 is 10.0 Å². The molecule has 0 atom stereocenters. The van der Waals surface area contributed by atoms with Crippen LogP contribution in [-0.4, -0.2) is 28.5 Å². The van der Waals surface area contributed by atoms with Gasteiger partial charge in [0.25, 0.3) is 15.9 Å². The van der Waals surface area contributed by atoms with Crippen LogP contribution in [0.3, 0.4) is 0 Å². The molecule has 0 aromatic heterocycles. The summed E-state index contributed by atoms with van der Waals surface area (Å²) in [5.74, 6) is 0.619. The number of anilines is 2. The third kappa shape index (κ3) is 4.72. The van der Waals surface area contributed by atoms with E-state index in [0.717, 1.165) is 5.56 Å². The Morgan fingerprint density at radius 2 is 1.60 bits per heavy atom. The van der Waals surface area contributed by atoms with Crippen LogP contribution in [0.5, 0.6) is 11.5 Å². The molecular weight excluding hydrogens is 404 g/mol. The minimum Gasteiger partial charge on any atom is -0.497 e. The van der Waals surface area contributed by atoms with Crippen molar-refractivity contribution in [1.29, 1.82) is 0 Å². The Balaban J connectivity index is 1.77. The Morgan fingerprint density at radius 3 is 2.23 bits per heavy atom. The zero-order valence-corrected chi connectivity index (χ0v) is 17.6. The number of nitrogens with one attached hydrogen (secondary N) is 2. The van der Waals surface area contributed by atoms with Gasteiger partial charge in [0.2, 0.25) is 0 Å². The molecule has 0 unspecified atom stereocenters. The smallest absolute Gasteiger partial charge is 0.262 e. The molecule has 3 rings (SSSR count). The first-order valence-corrected chi connectivity index (χ1v) is 10.5. The fourth-order valence-electron chi connectivity index (χ4n) is 2.83. The first kappa shape index (κ1) is 21.2. The number of hydrogen-bond acceptors (Lipinski definition) is 5. The van der Waals surface area contributed by atoms with E-state index in [1.54, 1.807) is 30.3 Å². The Bertz CT molecular complexity index is 1160. The molecule has 30 heavy (non-hydrogen) atoms. The van der Waals surface area contributed by atoms with Gasteiger partial charge in [-0.1, -0.05) is 18.2 Å². The molecule has 0 heterocycles. The average Bonchev–Trinajstić information content (AvgIpc) is 2.74. The van der Waals surface area contributed by atoms with E-state index in [2.05, 4.69) is 10.0 Å². The summed E-state index contributed by atoms with van der Waals surface area (Å²) in [4.78, 5) is 12.5. The minimum absolute atomic E-state index is 0.0502. The van der Waals surface area contributed by atoms with Crippen LogP contribution >= 0.6 is 0 Å². The molecule has 0 saturated carbocycles. The van der Waals surface area contributed by atoms with Gasteiger partial charge >= 0.3 is 0 Å². The number of amides is 1. The number of sulfonamides is 1. The lowest BCUT2D eigenvalue weighted by Gasteiger charge is -2.13. The SMILES string of the molecule is COc1ccc(NS(=O)(=O)c2ccc(NC(=O)c3ccccc3C)cc2)c(OC)c1. The van der Waals surface area contributed by atoms with Crippen LogP contribution < -0.4 is 19.5 Å². The number of aryl methyl sites for hydroxylation is 1. The van der Waals surface area contributed by atoms with Crippen molar-refractivity contribution in [3.63, 3.8) is 0 Å². The summed E-state index contributed by atoms with van der Waals surface area (Å²) in [6.07, 6.45) is 0. The molecule has 0 aliphatic heterocycles. The fourth-order valence-corrected chi connectivity index (χ4v) is 3.90. The van der Waals surface area contributed by atoms with Gasteiger partial charge in [0, 0.05) is 17.3 Å². The zero-order chi connectivity index (χ0) is 21.7. The van der Waals surface area contributed by atoms with Crippen molar-refractivity contribution >= 4 is 27.3 Å². The highest BCUT2D eigenvalue weighted by molar-refractivity contribution is 7.92. The van der Waals surface area contributed by atoms with Crippen molar-refractivity contribution in [1.82, 2.24) is 0 Å². The van der Waals surface area contributed by atoms with E-state index >= 15 is 0 Å². The summed E-state index contributed by atoms with van der Waals surface area (Å²) in [6.45, 7) is 1.85. The van der Waals surface area contributed by atoms with Crippen molar-refractivity contribution in [2.75, 3.05) is 24.3 Å². The van der Waals surface area contributed by atoms with Gasteiger partial charge in [-0.3, -0.25) is 9.52 Å². The number of ether oxygens (including phenoxy) is 2. The second kappa shape index (κ2) is 8.87. The molecule has 0 aliphatic carbocycles. The quantitative estimate of drug-likeness (QED) is 0.594. The predicted octanol–water partition coefficient (Wildman–Crippen LogP) is 4.07. The molecule has 0 saturated heterocycles. The van der Waals surface area contributed by atoms with Gasteiger partial charge < -0.3 is 14.8 Å². The van der Waals surface area contributed by atoms with Crippen LogP contribution in [0.1, 0.15) is 15.9 Å². The Hall–Kier alpha value is -3.52. The lowest BCUT2D eigenvalue weighted by atomic mass is 10.1. The maximum atomic E-state index is 12.7. The summed E-state index contributed by atoms with van der Waals surface area (Å²) >= 11 is 0. The lowest BCUT2D eigenvalue weighted by molar-refractivity contribution is 0.102. The standard InChI is InChI=1S/C22H22N2O5S/c1-15-6-4-5-7-19(15)22(25)23-16-8-11-18(12-9-16)30(26,27)24-20-13-10-17(28-2)14-21(20)29-3/h4-14,24H,1-3H3,(H,23,25). The molecule has 8 heteroatoms. The number of methoxy groups -OCH3 is 2. The molecule has 0 radical (unpaired) electrons. The summed E-state index contributed by atoms with van der Waals surface area (Å²) < 4.78 is 38.3. The molecule has 1 amide bonds. The van der Waals surface area contributed by atoms with E-state index in [9.17, 15) is 13.2 Å². The van der Waals surface area contributed by atoms with Crippen molar-refractivity contribution < 1.29 is 22.7 Å². The van der Waals surface area contributed by atoms with Crippen molar-refractivity contribution in [2.24, 2.45) is 0 Å². The van der Waals surface area contributed by atoms with Crippen LogP contribution in [0.4, 0.5) is 11.4 Å². The monoisotopic (exact) mass is 426 g/mol. The van der Waals surface area contributed by atoms with Crippen molar-refractivity contribution in [3.05, 3.63) is 77.9 Å². The maximum absolute atomic E-state index is 12.7. The number of carbonyl (C=O) groups excluding carboxylic acids is 1. The topological polar surface area (TPSA) is 93.7 Å². The zero-order valence-electron chi connectivity index (χ0n) is 16.8. The molecule has 156 valence electrons. The van der Waals surface area contributed by atoms with E-state index in [1.807, 2.05) is 19.1 Å². The van der Waals surface area contributed by atoms with Gasteiger partial charge in [0.15, 0.2) is 0 Å². The summed E-state index contributed by atoms with van der Waals surface area (Å²) in [6, 6.07) is 17.9. The molecular formula is C22H22N2O5S. The van der Waals surface area contributed by atoms with Crippen LogP contribution in [0.2, 0.25) is 0 Å². The maximum Gasteiger partial charge on any atom is 0.262 e. The third-order valence-corrected chi connectivity index (χ3v) is 5.85. The Labute approximate surface area is 175 Å². The van der Waals surface area contributed by atoms with Gasteiger partial charge in [0.1, 0.15) is 11.5 Å². The molecule has 0 spiro atoms. The van der Waals surface area contributed by atoms with Crippen LogP contribution in [0.25, 0.3) is 0 Å². The normalized spacial score (nSPS) is 10.9. The second-order valence-electron chi connectivity index (χ2n) is 6.47. The lowest BCUT2D eigenvalue weighted by Crippen LogP contribution is -2.15.